The van der Waals surface area contributed by atoms with Crippen molar-refractivity contribution in [3.8, 4) is 0 Å². The van der Waals surface area contributed by atoms with Crippen molar-refractivity contribution in [3.63, 3.8) is 0 Å². The van der Waals surface area contributed by atoms with Crippen molar-refractivity contribution in [2.45, 2.75) is 51.9 Å². The predicted molar refractivity (Wildman–Crippen MR) is 72.3 cm³/mol. The van der Waals surface area contributed by atoms with Gasteiger partial charge < -0.3 is 9.13 Å². The average molecular weight is 233 g/mol. The Kier molecular flexibility index (Phi) is 6.94. The summed E-state index contributed by atoms with van der Waals surface area (Å²) in [5.41, 5.74) is 0. The molecule has 0 aliphatic heterocycles. The van der Waals surface area contributed by atoms with Gasteiger partial charge in [0.2, 0.25) is 0 Å². The second-order valence-electron chi connectivity index (χ2n) is 5.17. The van der Waals surface area contributed by atoms with Crippen LogP contribution in [-0.4, -0.2) is 54.7 Å². The highest BCUT2D eigenvalue weighted by Gasteiger charge is 2.13. The molecule has 0 aliphatic carbocycles. The molecular formula is C10H28N2Si2. The maximum atomic E-state index is 2.59. The molecule has 0 aromatic carbocycles. The first-order chi connectivity index (χ1) is 6.34. The van der Waals surface area contributed by atoms with Crippen LogP contribution in [0.5, 0.6) is 0 Å². The first-order valence-electron chi connectivity index (χ1n) is 5.75. The van der Waals surface area contributed by atoms with E-state index in [-0.39, 0.29) is 19.4 Å². The van der Waals surface area contributed by atoms with Crippen molar-refractivity contribution in [2.24, 2.45) is 0 Å². The van der Waals surface area contributed by atoms with Gasteiger partial charge in [-0.05, 0) is 31.3 Å². The third-order valence-corrected chi connectivity index (χ3v) is 8.37. The van der Waals surface area contributed by atoms with E-state index in [4.69, 9.17) is 0 Å². The molecule has 0 aliphatic rings. The minimum atomic E-state index is -0.00878. The van der Waals surface area contributed by atoms with E-state index in [1.165, 1.54) is 0 Å². The molecule has 0 spiro atoms. The quantitative estimate of drug-likeness (QED) is 0.619. The van der Waals surface area contributed by atoms with Gasteiger partial charge in [0.25, 0.3) is 0 Å². The summed E-state index contributed by atoms with van der Waals surface area (Å²) in [6.45, 7) is 11.7. The molecule has 0 rings (SSSR count). The van der Waals surface area contributed by atoms with Crippen LogP contribution >= 0.6 is 0 Å². The number of hydrogen-bond acceptors (Lipinski definition) is 2. The van der Waals surface area contributed by atoms with E-state index >= 15 is 0 Å². The molecule has 86 valence electrons. The van der Waals surface area contributed by atoms with E-state index in [1.54, 1.807) is 0 Å². The largest absolute Gasteiger partial charge is 0.330 e. The van der Waals surface area contributed by atoms with Gasteiger partial charge in [0, 0.05) is 0 Å². The van der Waals surface area contributed by atoms with Crippen molar-refractivity contribution in [1.82, 2.24) is 9.13 Å². The number of hydrogen-bond donors (Lipinski definition) is 0. The second-order valence-corrected chi connectivity index (χ2v) is 11.8. The first-order valence-corrected chi connectivity index (χ1v) is 8.64. The topological polar surface area (TPSA) is 6.48 Å². The Morgan fingerprint density at radius 3 is 1.21 bits per heavy atom. The molecule has 0 aromatic rings. The molecule has 0 unspecified atom stereocenters. The summed E-state index contributed by atoms with van der Waals surface area (Å²) in [4.78, 5) is 0. The molecule has 0 radical (unpaired) electrons. The van der Waals surface area contributed by atoms with Crippen molar-refractivity contribution >= 4 is 19.4 Å². The van der Waals surface area contributed by atoms with Crippen LogP contribution in [-0.2, 0) is 0 Å². The van der Waals surface area contributed by atoms with E-state index < -0.39 is 0 Å². The fourth-order valence-corrected chi connectivity index (χ4v) is 7.18. The third-order valence-electron chi connectivity index (χ3n) is 2.96. The summed E-state index contributed by atoms with van der Waals surface area (Å²) in [5, 5.41) is 1.02. The van der Waals surface area contributed by atoms with E-state index in [0.717, 1.165) is 17.2 Å². The zero-order valence-corrected chi connectivity index (χ0v) is 13.9. The monoisotopic (exact) mass is 232 g/mol. The van der Waals surface area contributed by atoms with Crippen LogP contribution in [0, 0.1) is 0 Å². The molecule has 0 heterocycles. The van der Waals surface area contributed by atoms with Gasteiger partial charge in [-0.25, -0.2) is 0 Å². The zero-order chi connectivity index (χ0) is 11.3. The summed E-state index contributed by atoms with van der Waals surface area (Å²) in [6.07, 6.45) is 0. The summed E-state index contributed by atoms with van der Waals surface area (Å²) in [7, 11) is 4.56. The molecule has 0 amide bonds. The minimum absolute atomic E-state index is 0.00878. The van der Waals surface area contributed by atoms with Crippen LogP contribution in [0.25, 0.3) is 0 Å². The fourth-order valence-electron chi connectivity index (χ4n) is 1.46. The van der Waals surface area contributed by atoms with E-state index in [9.17, 15) is 0 Å². The Morgan fingerprint density at radius 1 is 0.714 bits per heavy atom. The number of nitrogens with zero attached hydrogens (tertiary/aromatic N) is 2. The Hall–Kier alpha value is 0.354. The van der Waals surface area contributed by atoms with Crippen molar-refractivity contribution in [1.29, 1.82) is 0 Å². The molecule has 0 atom stereocenters. The molecule has 0 saturated carbocycles. The lowest BCUT2D eigenvalue weighted by Gasteiger charge is -2.28. The Bertz CT molecular complexity index is 135. The van der Waals surface area contributed by atoms with Gasteiger partial charge in [0.05, 0.1) is 19.4 Å². The normalized spacial score (nSPS) is 16.5. The highest BCUT2D eigenvalue weighted by atomic mass is 28.3. The SMILES string of the molecule is CC([SiH2]N(C)C(C)C)[SiH2]N(C)C(C)C. The molecule has 0 N–H and O–H groups in total. The molecule has 0 bridgehead atoms. The molecule has 0 saturated heterocycles. The van der Waals surface area contributed by atoms with E-state index in [1.807, 2.05) is 0 Å². The van der Waals surface area contributed by atoms with Gasteiger partial charge >= 0.3 is 0 Å². The van der Waals surface area contributed by atoms with Gasteiger partial charge in [-0.1, -0.05) is 34.6 Å². The van der Waals surface area contributed by atoms with Crippen LogP contribution in [0.4, 0.5) is 0 Å². The van der Waals surface area contributed by atoms with Crippen molar-refractivity contribution in [2.75, 3.05) is 14.1 Å². The Morgan fingerprint density at radius 2 is 1.00 bits per heavy atom. The average Bonchev–Trinajstić information content (AvgIpc) is 2.03. The van der Waals surface area contributed by atoms with Gasteiger partial charge in [-0.15, -0.1) is 0 Å². The summed E-state index contributed by atoms with van der Waals surface area (Å²) in [5.74, 6) is 0. The van der Waals surface area contributed by atoms with Crippen molar-refractivity contribution in [3.05, 3.63) is 0 Å². The molecular weight excluding hydrogens is 204 g/mol. The van der Waals surface area contributed by atoms with Crippen LogP contribution in [0.3, 0.4) is 0 Å². The van der Waals surface area contributed by atoms with Crippen molar-refractivity contribution < 1.29 is 0 Å². The smallest absolute Gasteiger partial charge is 0.0959 e. The lowest BCUT2D eigenvalue weighted by molar-refractivity contribution is 0.427. The van der Waals surface area contributed by atoms with Gasteiger partial charge in [-0.2, -0.15) is 0 Å². The lowest BCUT2D eigenvalue weighted by atomic mass is 10.4. The molecule has 0 aromatic heterocycles. The van der Waals surface area contributed by atoms with Gasteiger partial charge in [0.15, 0.2) is 0 Å². The minimum Gasteiger partial charge on any atom is -0.330 e. The highest BCUT2D eigenvalue weighted by Crippen LogP contribution is 2.06. The first kappa shape index (κ1) is 14.4. The molecule has 0 fully saturated rings. The summed E-state index contributed by atoms with van der Waals surface area (Å²) >= 11 is 0. The fraction of sp³-hybridized carbons (Fsp3) is 1.00. The van der Waals surface area contributed by atoms with Gasteiger partial charge in [-0.3, -0.25) is 0 Å². The summed E-state index contributed by atoms with van der Waals surface area (Å²) in [6, 6.07) is 1.48. The van der Waals surface area contributed by atoms with Crippen LogP contribution < -0.4 is 0 Å². The Balaban J connectivity index is 3.80. The molecule has 2 nitrogen and oxygen atoms in total. The molecule has 4 heteroatoms. The van der Waals surface area contributed by atoms with Gasteiger partial charge in [0.1, 0.15) is 0 Å². The van der Waals surface area contributed by atoms with E-state index in [0.29, 0.717) is 0 Å². The zero-order valence-electron chi connectivity index (χ0n) is 11.0. The predicted octanol–water partition coefficient (Wildman–Crippen LogP) is 0.600. The molecule has 14 heavy (non-hydrogen) atoms. The maximum Gasteiger partial charge on any atom is 0.0959 e. The van der Waals surface area contributed by atoms with E-state index in [2.05, 4.69) is 57.8 Å². The lowest BCUT2D eigenvalue weighted by Crippen LogP contribution is -2.39. The standard InChI is InChI=1S/C10H28N2Si2/c1-8(2)11(6)13-10(5)14-12(7)9(3)4/h8-10H,13-14H2,1-7H3. The summed E-state index contributed by atoms with van der Waals surface area (Å²) < 4.78 is 5.18. The van der Waals surface area contributed by atoms with Crippen LogP contribution in [0.2, 0.25) is 5.16 Å². The third kappa shape index (κ3) is 5.95. The highest BCUT2D eigenvalue weighted by molar-refractivity contribution is 6.55. The second kappa shape index (κ2) is 6.77. The van der Waals surface area contributed by atoms with Crippen LogP contribution in [0.1, 0.15) is 34.6 Å². The van der Waals surface area contributed by atoms with Crippen LogP contribution in [0.15, 0.2) is 0 Å². The Labute approximate surface area is 94.9 Å². The maximum absolute atomic E-state index is 2.59. The number of rotatable bonds is 6.